The molecule has 5 rings (SSSR count). The molecule has 0 aliphatic carbocycles. The fourth-order valence-corrected chi connectivity index (χ4v) is 5.57. The highest BCUT2D eigenvalue weighted by atomic mass is 79.9. The van der Waals surface area contributed by atoms with Crippen LogP contribution in [0, 0.1) is 0 Å². The van der Waals surface area contributed by atoms with Gasteiger partial charge in [-0.2, -0.15) is 0 Å². The zero-order chi connectivity index (χ0) is 22.9. The molecule has 168 valence electrons. The van der Waals surface area contributed by atoms with Gasteiger partial charge in [-0.15, -0.1) is 0 Å². The van der Waals surface area contributed by atoms with Crippen LogP contribution in [0.15, 0.2) is 80.1 Å². The average molecular weight is 522 g/mol. The highest BCUT2D eigenvalue weighted by molar-refractivity contribution is 9.10. The zero-order valence-corrected chi connectivity index (χ0v) is 20.9. The summed E-state index contributed by atoms with van der Waals surface area (Å²) in [6.45, 7) is 1.57. The van der Waals surface area contributed by atoms with Gasteiger partial charge in [0.25, 0.3) is 0 Å². The zero-order valence-electron chi connectivity index (χ0n) is 18.5. The third kappa shape index (κ3) is 4.58. The van der Waals surface area contributed by atoms with Gasteiger partial charge in [-0.05, 0) is 62.5 Å². The Morgan fingerprint density at radius 3 is 2.82 bits per heavy atom. The van der Waals surface area contributed by atoms with Crippen LogP contribution in [0.2, 0.25) is 0 Å². The molecule has 0 N–H and O–H groups in total. The number of fused-ring (bicyclic) bond motifs is 2. The topological polar surface area (TPSA) is 47.4 Å². The van der Waals surface area contributed by atoms with Crippen molar-refractivity contribution in [2.24, 2.45) is 0 Å². The van der Waals surface area contributed by atoms with Crippen LogP contribution in [0.5, 0.6) is 5.75 Å². The van der Waals surface area contributed by atoms with Crippen molar-refractivity contribution >= 4 is 38.6 Å². The molecule has 0 saturated carbocycles. The van der Waals surface area contributed by atoms with Crippen molar-refractivity contribution < 1.29 is 4.74 Å². The quantitative estimate of drug-likeness (QED) is 0.263. The van der Waals surface area contributed by atoms with Gasteiger partial charge in [0.2, 0.25) is 0 Å². The summed E-state index contributed by atoms with van der Waals surface area (Å²) in [5.41, 5.74) is 3.80. The molecule has 0 amide bonds. The van der Waals surface area contributed by atoms with Gasteiger partial charge in [0.05, 0.1) is 23.2 Å². The van der Waals surface area contributed by atoms with Crippen molar-refractivity contribution in [2.45, 2.75) is 22.6 Å². The molecular weight excluding hydrogens is 498 g/mol. The van der Waals surface area contributed by atoms with Crippen molar-refractivity contribution in [1.82, 2.24) is 14.5 Å². The standard InChI is InChI=1S/C26H24BrN3O2S/c1-29(2)9-4-10-32-20-13-21-25-24(14-20)33-23-7-6-19(27)12-22(23)30(25)16-18(26(21)31)11-17-5-3-8-28-15-17/h3,5-8,12-16H,4,9-11H2,1-2H3. The minimum atomic E-state index is 0.0455. The Bertz CT molecular complexity index is 1390. The summed E-state index contributed by atoms with van der Waals surface area (Å²) < 4.78 is 9.25. The third-order valence-electron chi connectivity index (χ3n) is 5.65. The minimum absolute atomic E-state index is 0.0455. The van der Waals surface area contributed by atoms with Gasteiger partial charge in [0.15, 0.2) is 5.43 Å². The predicted molar refractivity (Wildman–Crippen MR) is 137 cm³/mol. The maximum absolute atomic E-state index is 13.6. The van der Waals surface area contributed by atoms with E-state index in [1.54, 1.807) is 18.0 Å². The van der Waals surface area contributed by atoms with Gasteiger partial charge in [0.1, 0.15) is 5.75 Å². The summed E-state index contributed by atoms with van der Waals surface area (Å²) in [7, 11) is 4.11. The third-order valence-corrected chi connectivity index (χ3v) is 7.24. The number of pyridine rings is 2. The Labute approximate surface area is 205 Å². The van der Waals surface area contributed by atoms with E-state index in [0.717, 1.165) is 55.3 Å². The lowest BCUT2D eigenvalue weighted by atomic mass is 10.0. The monoisotopic (exact) mass is 521 g/mol. The Kier molecular flexibility index (Phi) is 6.27. The summed E-state index contributed by atoms with van der Waals surface area (Å²) in [4.78, 5) is 22.2. The first-order valence-corrected chi connectivity index (χ1v) is 12.5. The second-order valence-electron chi connectivity index (χ2n) is 8.43. The van der Waals surface area contributed by atoms with E-state index in [1.807, 2.05) is 30.6 Å². The van der Waals surface area contributed by atoms with Gasteiger partial charge in [-0.3, -0.25) is 9.78 Å². The van der Waals surface area contributed by atoms with Crippen LogP contribution in [0.1, 0.15) is 17.5 Å². The summed E-state index contributed by atoms with van der Waals surface area (Å²) in [6.07, 6.45) is 7.01. The lowest BCUT2D eigenvalue weighted by molar-refractivity contribution is 0.281. The molecule has 2 aromatic carbocycles. The van der Waals surface area contributed by atoms with Gasteiger partial charge < -0.3 is 14.2 Å². The van der Waals surface area contributed by atoms with Crippen LogP contribution in [-0.4, -0.2) is 41.7 Å². The Morgan fingerprint density at radius 2 is 2.03 bits per heavy atom. The summed E-state index contributed by atoms with van der Waals surface area (Å²) in [6, 6.07) is 14.1. The normalized spacial score (nSPS) is 12.2. The molecule has 1 aliphatic heterocycles. The molecule has 0 radical (unpaired) electrons. The van der Waals surface area contributed by atoms with E-state index in [0.29, 0.717) is 18.4 Å². The first-order chi connectivity index (χ1) is 16.0. The largest absolute Gasteiger partial charge is 0.493 e. The van der Waals surface area contributed by atoms with E-state index >= 15 is 0 Å². The highest BCUT2D eigenvalue weighted by Gasteiger charge is 2.23. The van der Waals surface area contributed by atoms with Crippen molar-refractivity contribution in [3.63, 3.8) is 0 Å². The minimum Gasteiger partial charge on any atom is -0.493 e. The van der Waals surface area contributed by atoms with Crippen LogP contribution in [0.25, 0.3) is 16.6 Å². The number of rotatable bonds is 7. The SMILES string of the molecule is CN(C)CCCOc1cc2c3c(c1)c(=O)c(Cc1cccnc1)cn3-c1cc(Br)ccc1S2. The number of nitrogens with zero attached hydrogens (tertiary/aromatic N) is 3. The number of ether oxygens (including phenoxy) is 1. The number of hydrogen-bond acceptors (Lipinski definition) is 5. The number of benzene rings is 2. The fraction of sp³-hybridized carbons (Fsp3) is 0.231. The van der Waals surface area contributed by atoms with Gasteiger partial charge in [-0.25, -0.2) is 0 Å². The van der Waals surface area contributed by atoms with Crippen molar-refractivity contribution in [1.29, 1.82) is 0 Å². The molecule has 33 heavy (non-hydrogen) atoms. The van der Waals surface area contributed by atoms with Crippen LogP contribution >= 0.6 is 27.7 Å². The molecule has 0 unspecified atom stereocenters. The lowest BCUT2D eigenvalue weighted by Gasteiger charge is -2.24. The maximum Gasteiger partial charge on any atom is 0.193 e. The summed E-state index contributed by atoms with van der Waals surface area (Å²) in [5.74, 6) is 0.742. The summed E-state index contributed by atoms with van der Waals surface area (Å²) in [5, 5.41) is 0.689. The molecule has 5 nitrogen and oxygen atoms in total. The van der Waals surface area contributed by atoms with Gasteiger partial charge in [-0.1, -0.05) is 33.8 Å². The molecule has 0 saturated heterocycles. The molecule has 0 atom stereocenters. The van der Waals surface area contributed by atoms with E-state index in [4.69, 9.17) is 4.74 Å². The predicted octanol–water partition coefficient (Wildman–Crippen LogP) is 5.53. The molecule has 0 spiro atoms. The first kappa shape index (κ1) is 22.2. The smallest absolute Gasteiger partial charge is 0.193 e. The second-order valence-corrected chi connectivity index (χ2v) is 10.4. The van der Waals surface area contributed by atoms with E-state index in [-0.39, 0.29) is 5.43 Å². The van der Waals surface area contributed by atoms with E-state index in [1.165, 1.54) is 0 Å². The molecule has 3 heterocycles. The molecule has 1 aliphatic rings. The van der Waals surface area contributed by atoms with Crippen molar-refractivity contribution in [3.05, 3.63) is 86.9 Å². The van der Waals surface area contributed by atoms with Crippen molar-refractivity contribution in [2.75, 3.05) is 27.2 Å². The Hall–Kier alpha value is -2.61. The molecule has 2 aromatic heterocycles. The highest BCUT2D eigenvalue weighted by Crippen LogP contribution is 2.44. The van der Waals surface area contributed by atoms with Crippen LogP contribution in [0.3, 0.4) is 0 Å². The van der Waals surface area contributed by atoms with Crippen LogP contribution in [-0.2, 0) is 6.42 Å². The maximum atomic E-state index is 13.6. The summed E-state index contributed by atoms with van der Waals surface area (Å²) >= 11 is 5.29. The Balaban J connectivity index is 1.64. The van der Waals surface area contributed by atoms with Gasteiger partial charge >= 0.3 is 0 Å². The first-order valence-electron chi connectivity index (χ1n) is 10.9. The van der Waals surface area contributed by atoms with Crippen LogP contribution in [0.4, 0.5) is 0 Å². The van der Waals surface area contributed by atoms with E-state index in [2.05, 4.69) is 68.7 Å². The average Bonchev–Trinajstić information content (AvgIpc) is 2.80. The molecule has 7 heteroatoms. The van der Waals surface area contributed by atoms with Gasteiger partial charge in [0, 0.05) is 51.4 Å². The molecule has 4 aromatic rings. The second kappa shape index (κ2) is 9.33. The fourth-order valence-electron chi connectivity index (χ4n) is 4.11. The lowest BCUT2D eigenvalue weighted by Crippen LogP contribution is -2.18. The van der Waals surface area contributed by atoms with E-state index in [9.17, 15) is 4.79 Å². The number of aromatic nitrogens is 2. The Morgan fingerprint density at radius 1 is 1.15 bits per heavy atom. The van der Waals surface area contributed by atoms with Crippen molar-refractivity contribution in [3.8, 4) is 11.4 Å². The number of halogens is 1. The van der Waals surface area contributed by atoms with E-state index < -0.39 is 0 Å². The molecule has 0 bridgehead atoms. The number of hydrogen-bond donors (Lipinski definition) is 0. The molecular formula is C26H24BrN3O2S. The van der Waals surface area contributed by atoms with Crippen LogP contribution < -0.4 is 10.2 Å². The molecule has 0 fully saturated rings.